The minimum atomic E-state index is -0.490. The molecular formula is C17H20N3O4+. The minimum Gasteiger partial charge on any atom is -0.497 e. The number of nitrogens with zero attached hydrogens (tertiary/aromatic N) is 1. The predicted molar refractivity (Wildman–Crippen MR) is 90.2 cm³/mol. The lowest BCUT2D eigenvalue weighted by Crippen LogP contribution is -3.08. The number of nitro benzene ring substituents is 1. The predicted octanol–water partition coefficient (Wildman–Crippen LogP) is 1.26. The summed E-state index contributed by atoms with van der Waals surface area (Å²) in [6, 6.07) is 13.6. The molecule has 0 aromatic heterocycles. The number of amides is 1. The zero-order chi connectivity index (χ0) is 17.5. The third kappa shape index (κ3) is 5.06. The van der Waals surface area contributed by atoms with E-state index in [0.29, 0.717) is 12.2 Å². The molecule has 2 rings (SSSR count). The van der Waals surface area contributed by atoms with E-state index in [-0.39, 0.29) is 18.1 Å². The molecule has 1 unspecified atom stereocenters. The molecular weight excluding hydrogens is 310 g/mol. The van der Waals surface area contributed by atoms with Crippen molar-refractivity contribution < 1.29 is 19.4 Å². The Balaban J connectivity index is 1.91. The molecule has 1 amide bonds. The Morgan fingerprint density at radius 1 is 1.25 bits per heavy atom. The largest absolute Gasteiger partial charge is 0.497 e. The van der Waals surface area contributed by atoms with Crippen LogP contribution in [0, 0.1) is 10.1 Å². The van der Waals surface area contributed by atoms with Crippen LogP contribution in [0.5, 0.6) is 5.75 Å². The summed E-state index contributed by atoms with van der Waals surface area (Å²) in [7, 11) is 3.52. The summed E-state index contributed by atoms with van der Waals surface area (Å²) in [6.07, 6.45) is 0. The first-order valence-electron chi connectivity index (χ1n) is 7.46. The van der Waals surface area contributed by atoms with Gasteiger partial charge in [-0.1, -0.05) is 18.2 Å². The molecule has 0 spiro atoms. The van der Waals surface area contributed by atoms with E-state index in [1.807, 2.05) is 31.3 Å². The average Bonchev–Trinajstić information content (AvgIpc) is 2.54. The van der Waals surface area contributed by atoms with E-state index >= 15 is 0 Å². The molecule has 0 fully saturated rings. The van der Waals surface area contributed by atoms with Crippen LogP contribution in [0.15, 0.2) is 48.5 Å². The van der Waals surface area contributed by atoms with Gasteiger partial charge in [0.15, 0.2) is 6.54 Å². The number of quaternary nitrogens is 1. The number of hydrogen-bond acceptors (Lipinski definition) is 4. The fourth-order valence-electron chi connectivity index (χ4n) is 2.37. The highest BCUT2D eigenvalue weighted by Gasteiger charge is 2.13. The molecule has 0 saturated heterocycles. The van der Waals surface area contributed by atoms with Crippen LogP contribution in [0.2, 0.25) is 0 Å². The quantitative estimate of drug-likeness (QED) is 0.591. The molecule has 2 N–H and O–H groups in total. The molecule has 0 heterocycles. The third-order valence-electron chi connectivity index (χ3n) is 3.44. The number of nitrogens with one attached hydrogen (secondary N) is 2. The molecule has 0 bridgehead atoms. The zero-order valence-electron chi connectivity index (χ0n) is 13.6. The molecule has 7 heteroatoms. The Labute approximate surface area is 140 Å². The number of methoxy groups -OCH3 is 1. The van der Waals surface area contributed by atoms with Crippen LogP contribution in [0.4, 0.5) is 11.4 Å². The molecule has 126 valence electrons. The van der Waals surface area contributed by atoms with Crippen LogP contribution >= 0.6 is 0 Å². The summed E-state index contributed by atoms with van der Waals surface area (Å²) in [5.41, 5.74) is 1.43. The molecule has 0 aliphatic carbocycles. The van der Waals surface area contributed by atoms with Crippen LogP contribution in [-0.2, 0) is 11.3 Å². The molecule has 7 nitrogen and oxygen atoms in total. The fraction of sp³-hybridized carbons (Fsp3) is 0.235. The summed E-state index contributed by atoms with van der Waals surface area (Å²) in [6.45, 7) is 0.916. The van der Waals surface area contributed by atoms with Gasteiger partial charge in [0.05, 0.1) is 19.1 Å². The van der Waals surface area contributed by atoms with Crippen molar-refractivity contribution in [3.05, 3.63) is 64.2 Å². The smallest absolute Gasteiger partial charge is 0.279 e. The summed E-state index contributed by atoms with van der Waals surface area (Å²) < 4.78 is 5.18. The molecule has 24 heavy (non-hydrogen) atoms. The molecule has 2 aromatic rings. The molecule has 0 radical (unpaired) electrons. The first-order chi connectivity index (χ1) is 11.5. The number of likely N-dealkylation sites (N-methyl/N-ethyl adjacent to an activating group) is 1. The van der Waals surface area contributed by atoms with Gasteiger partial charge in [-0.25, -0.2) is 0 Å². The maximum atomic E-state index is 12.1. The van der Waals surface area contributed by atoms with Gasteiger partial charge >= 0.3 is 0 Å². The SMILES string of the molecule is COc1cccc(C[NH+](C)CC(=O)Nc2cccc([N+](=O)[O-])c2)c1. The minimum absolute atomic E-state index is 0.0510. The summed E-state index contributed by atoms with van der Waals surface area (Å²) >= 11 is 0. The summed E-state index contributed by atoms with van der Waals surface area (Å²) in [4.78, 5) is 23.3. The molecule has 0 aliphatic rings. The highest BCUT2D eigenvalue weighted by atomic mass is 16.6. The van der Waals surface area contributed by atoms with Gasteiger partial charge in [-0.2, -0.15) is 0 Å². The van der Waals surface area contributed by atoms with E-state index in [2.05, 4.69) is 5.32 Å². The zero-order valence-corrected chi connectivity index (χ0v) is 13.6. The van der Waals surface area contributed by atoms with Gasteiger partial charge in [-0.05, 0) is 18.2 Å². The highest BCUT2D eigenvalue weighted by molar-refractivity contribution is 5.91. The highest BCUT2D eigenvalue weighted by Crippen LogP contribution is 2.16. The summed E-state index contributed by atoms with van der Waals surface area (Å²) in [5, 5.41) is 13.4. The van der Waals surface area contributed by atoms with Crippen LogP contribution in [0.25, 0.3) is 0 Å². The number of nitro groups is 1. The van der Waals surface area contributed by atoms with Gasteiger partial charge < -0.3 is 15.0 Å². The van der Waals surface area contributed by atoms with E-state index in [1.165, 1.54) is 12.1 Å². The normalized spacial score (nSPS) is 11.6. The second-order valence-electron chi connectivity index (χ2n) is 5.52. The Hall–Kier alpha value is -2.93. The van der Waals surface area contributed by atoms with Gasteiger partial charge in [0, 0.05) is 23.4 Å². The number of anilines is 1. The van der Waals surface area contributed by atoms with Crippen LogP contribution < -0.4 is 15.0 Å². The van der Waals surface area contributed by atoms with E-state index in [4.69, 9.17) is 4.74 Å². The number of non-ortho nitro benzene ring substituents is 1. The standard InChI is InChI=1S/C17H19N3O4/c1-19(11-13-5-3-8-16(9-13)24-2)12-17(21)18-14-6-4-7-15(10-14)20(22)23/h3-10H,11-12H2,1-2H3,(H,18,21)/p+1. The molecule has 2 aromatic carbocycles. The lowest BCUT2D eigenvalue weighted by Gasteiger charge is -2.14. The summed E-state index contributed by atoms with van der Waals surface area (Å²) in [5.74, 6) is 0.581. The van der Waals surface area contributed by atoms with Crippen LogP contribution in [-0.4, -0.2) is 31.5 Å². The maximum absolute atomic E-state index is 12.1. The van der Waals surface area contributed by atoms with Crippen molar-refractivity contribution in [3.8, 4) is 5.75 Å². The monoisotopic (exact) mass is 330 g/mol. The Kier molecular flexibility index (Phi) is 5.86. The van der Waals surface area contributed by atoms with Crippen LogP contribution in [0.1, 0.15) is 5.56 Å². The lowest BCUT2D eigenvalue weighted by atomic mass is 10.2. The van der Waals surface area contributed by atoms with Gasteiger partial charge in [-0.15, -0.1) is 0 Å². The number of benzene rings is 2. The number of ether oxygens (including phenoxy) is 1. The van der Waals surface area contributed by atoms with Gasteiger partial charge in [0.25, 0.3) is 11.6 Å². The molecule has 1 atom stereocenters. The van der Waals surface area contributed by atoms with Crippen molar-refractivity contribution in [3.63, 3.8) is 0 Å². The van der Waals surface area contributed by atoms with E-state index < -0.39 is 4.92 Å². The number of carbonyl (C=O) groups is 1. The maximum Gasteiger partial charge on any atom is 0.279 e. The number of carbonyl (C=O) groups excluding carboxylic acids is 1. The first-order valence-corrected chi connectivity index (χ1v) is 7.46. The second-order valence-corrected chi connectivity index (χ2v) is 5.52. The number of rotatable bonds is 7. The average molecular weight is 330 g/mol. The second kappa shape index (κ2) is 8.07. The van der Waals surface area contributed by atoms with Crippen LogP contribution in [0.3, 0.4) is 0 Å². The molecule has 0 saturated carbocycles. The van der Waals surface area contributed by atoms with Crippen molar-refractivity contribution in [1.29, 1.82) is 0 Å². The Bertz CT molecular complexity index is 733. The third-order valence-corrected chi connectivity index (χ3v) is 3.44. The van der Waals surface area contributed by atoms with E-state index in [0.717, 1.165) is 16.2 Å². The van der Waals surface area contributed by atoms with Gasteiger partial charge in [-0.3, -0.25) is 14.9 Å². The lowest BCUT2D eigenvalue weighted by molar-refractivity contribution is -0.885. The Morgan fingerprint density at radius 2 is 2.00 bits per heavy atom. The van der Waals surface area contributed by atoms with Crippen molar-refractivity contribution in [2.24, 2.45) is 0 Å². The van der Waals surface area contributed by atoms with E-state index in [9.17, 15) is 14.9 Å². The van der Waals surface area contributed by atoms with Crippen molar-refractivity contribution in [2.45, 2.75) is 6.54 Å². The Morgan fingerprint density at radius 3 is 2.71 bits per heavy atom. The first kappa shape index (κ1) is 17.4. The van der Waals surface area contributed by atoms with Gasteiger partial charge in [0.1, 0.15) is 12.3 Å². The number of hydrogen-bond donors (Lipinski definition) is 2. The fourth-order valence-corrected chi connectivity index (χ4v) is 2.37. The van der Waals surface area contributed by atoms with E-state index in [1.54, 1.807) is 19.2 Å². The van der Waals surface area contributed by atoms with Crippen molar-refractivity contribution in [1.82, 2.24) is 0 Å². The van der Waals surface area contributed by atoms with Crippen molar-refractivity contribution >= 4 is 17.3 Å². The van der Waals surface area contributed by atoms with Gasteiger partial charge in [0.2, 0.25) is 0 Å². The molecule has 0 aliphatic heterocycles. The van der Waals surface area contributed by atoms with Crippen molar-refractivity contribution in [2.75, 3.05) is 26.0 Å². The topological polar surface area (TPSA) is 85.9 Å².